The lowest BCUT2D eigenvalue weighted by atomic mass is 9.98. The Balaban J connectivity index is 1.78. The highest BCUT2D eigenvalue weighted by Gasteiger charge is 2.29. The molecule has 2 aliphatic heterocycles. The zero-order valence-corrected chi connectivity index (χ0v) is 20.2. The molecule has 1 aromatic rings. The van der Waals surface area contributed by atoms with Crippen LogP contribution in [0.5, 0.6) is 5.75 Å². The van der Waals surface area contributed by atoms with E-state index in [1.165, 1.54) is 11.8 Å². The molecule has 2 bridgehead atoms. The van der Waals surface area contributed by atoms with E-state index in [1.807, 2.05) is 6.92 Å². The molecule has 4 amide bonds. The molecule has 0 unspecified atom stereocenters. The van der Waals surface area contributed by atoms with Crippen LogP contribution in [0.4, 0.5) is 0 Å². The van der Waals surface area contributed by atoms with Gasteiger partial charge in [-0.25, -0.2) is 0 Å². The van der Waals surface area contributed by atoms with E-state index in [4.69, 9.17) is 9.47 Å². The molecule has 35 heavy (non-hydrogen) atoms. The maximum absolute atomic E-state index is 13.1. The Hall–Kier alpha value is -3.18. The van der Waals surface area contributed by atoms with Gasteiger partial charge in [-0.3, -0.25) is 19.2 Å². The lowest BCUT2D eigenvalue weighted by molar-refractivity contribution is -0.142. The van der Waals surface area contributed by atoms with Gasteiger partial charge in [-0.2, -0.15) is 0 Å². The standard InChI is InChI=1S/C24H34N4O7/c1-15-3-4-18-13-19(15)35-12-8-25-20(30)14-28(24(33)17-5-10-34-11-6-17)9-7-26-23(32)21(16(2)29)27-22(18)31/h3-4,13,16-17,21,29H,5-12,14H2,1-2H3,(H,25,30)(H,26,32)(H,27,31)/t16-,21+/m1/s1. The molecule has 3 rings (SSSR count). The predicted octanol–water partition coefficient (Wildman–Crippen LogP) is -0.646. The van der Waals surface area contributed by atoms with Gasteiger partial charge in [0.15, 0.2) is 0 Å². The van der Waals surface area contributed by atoms with Crippen LogP contribution >= 0.6 is 0 Å². The maximum Gasteiger partial charge on any atom is 0.252 e. The average molecular weight is 491 g/mol. The van der Waals surface area contributed by atoms with Crippen molar-refractivity contribution in [2.75, 3.05) is 46.0 Å². The van der Waals surface area contributed by atoms with Crippen LogP contribution in [-0.4, -0.2) is 91.8 Å². The number of rotatable bonds is 2. The second kappa shape index (κ2) is 12.5. The van der Waals surface area contributed by atoms with E-state index in [0.717, 1.165) is 5.56 Å². The average Bonchev–Trinajstić information content (AvgIpc) is 2.84. The first-order chi connectivity index (χ1) is 16.8. The van der Waals surface area contributed by atoms with Crippen LogP contribution < -0.4 is 20.7 Å². The van der Waals surface area contributed by atoms with Crippen molar-refractivity contribution < 1.29 is 33.8 Å². The molecule has 0 saturated carbocycles. The first kappa shape index (κ1) is 26.4. The van der Waals surface area contributed by atoms with Crippen LogP contribution in [-0.2, 0) is 19.1 Å². The molecule has 0 aliphatic carbocycles. The van der Waals surface area contributed by atoms with Crippen LogP contribution in [0.2, 0.25) is 0 Å². The van der Waals surface area contributed by atoms with Gasteiger partial charge < -0.3 is 35.4 Å². The number of carbonyl (C=O) groups is 4. The third-order valence-corrected chi connectivity index (χ3v) is 6.08. The number of aryl methyl sites for hydroxylation is 1. The largest absolute Gasteiger partial charge is 0.491 e. The van der Waals surface area contributed by atoms with E-state index >= 15 is 0 Å². The smallest absolute Gasteiger partial charge is 0.252 e. The fourth-order valence-corrected chi connectivity index (χ4v) is 4.00. The summed E-state index contributed by atoms with van der Waals surface area (Å²) in [6.07, 6.45) is -0.0103. The number of nitrogens with zero attached hydrogens (tertiary/aromatic N) is 1. The summed E-state index contributed by atoms with van der Waals surface area (Å²) >= 11 is 0. The molecule has 1 aromatic carbocycles. The zero-order valence-electron chi connectivity index (χ0n) is 20.2. The third-order valence-electron chi connectivity index (χ3n) is 6.08. The first-order valence-electron chi connectivity index (χ1n) is 11.9. The van der Waals surface area contributed by atoms with Gasteiger partial charge in [0.05, 0.1) is 19.2 Å². The molecule has 1 fully saturated rings. The van der Waals surface area contributed by atoms with Crippen molar-refractivity contribution >= 4 is 23.6 Å². The number of ether oxygens (including phenoxy) is 2. The van der Waals surface area contributed by atoms with E-state index in [0.29, 0.717) is 31.8 Å². The molecule has 0 radical (unpaired) electrons. The first-order valence-corrected chi connectivity index (χ1v) is 11.9. The summed E-state index contributed by atoms with van der Waals surface area (Å²) in [5.74, 6) is -1.42. The molecule has 0 aromatic heterocycles. The second-order valence-electron chi connectivity index (χ2n) is 8.81. The number of amides is 4. The molecule has 2 heterocycles. The van der Waals surface area contributed by atoms with Gasteiger partial charge in [-0.15, -0.1) is 0 Å². The summed E-state index contributed by atoms with van der Waals surface area (Å²) in [7, 11) is 0. The highest BCUT2D eigenvalue weighted by atomic mass is 16.5. The van der Waals surface area contributed by atoms with Crippen LogP contribution in [0.25, 0.3) is 0 Å². The predicted molar refractivity (Wildman–Crippen MR) is 126 cm³/mol. The minimum absolute atomic E-state index is 0.0535. The fraction of sp³-hybridized carbons (Fsp3) is 0.583. The molecule has 2 atom stereocenters. The molecule has 1 saturated heterocycles. The fourth-order valence-electron chi connectivity index (χ4n) is 4.00. The molecule has 11 nitrogen and oxygen atoms in total. The van der Waals surface area contributed by atoms with Crippen LogP contribution in [0.3, 0.4) is 0 Å². The molecule has 4 N–H and O–H groups in total. The van der Waals surface area contributed by atoms with E-state index in [2.05, 4.69) is 16.0 Å². The van der Waals surface area contributed by atoms with Crippen molar-refractivity contribution in [1.82, 2.24) is 20.9 Å². The van der Waals surface area contributed by atoms with E-state index in [1.54, 1.807) is 18.2 Å². The highest BCUT2D eigenvalue weighted by Crippen LogP contribution is 2.20. The van der Waals surface area contributed by atoms with E-state index in [-0.39, 0.29) is 56.1 Å². The van der Waals surface area contributed by atoms with E-state index < -0.39 is 24.0 Å². The Morgan fingerprint density at radius 1 is 1.11 bits per heavy atom. The Morgan fingerprint density at radius 3 is 2.57 bits per heavy atom. The van der Waals surface area contributed by atoms with Crippen molar-refractivity contribution in [3.8, 4) is 5.75 Å². The lowest BCUT2D eigenvalue weighted by Gasteiger charge is -2.29. The molecular formula is C24H34N4O7. The summed E-state index contributed by atoms with van der Waals surface area (Å²) in [4.78, 5) is 52.6. The summed E-state index contributed by atoms with van der Waals surface area (Å²) in [6.45, 7) is 4.59. The number of nitrogens with one attached hydrogen (secondary N) is 3. The number of aliphatic hydroxyl groups excluding tert-OH is 1. The minimum Gasteiger partial charge on any atom is -0.491 e. The quantitative estimate of drug-likeness (QED) is 0.431. The van der Waals surface area contributed by atoms with Crippen LogP contribution in [0.15, 0.2) is 18.2 Å². The van der Waals surface area contributed by atoms with Crippen molar-refractivity contribution in [1.29, 1.82) is 0 Å². The van der Waals surface area contributed by atoms with Gasteiger partial charge in [0.1, 0.15) is 18.4 Å². The number of fused-ring (bicyclic) bond motifs is 2. The number of hydrogen-bond acceptors (Lipinski definition) is 7. The van der Waals surface area contributed by atoms with Gasteiger partial charge in [0, 0.05) is 37.8 Å². The second-order valence-corrected chi connectivity index (χ2v) is 8.81. The summed E-state index contributed by atoms with van der Waals surface area (Å²) in [5.41, 5.74) is 1.06. The monoisotopic (exact) mass is 490 g/mol. The maximum atomic E-state index is 13.1. The van der Waals surface area contributed by atoms with Crippen molar-refractivity contribution in [3.05, 3.63) is 29.3 Å². The van der Waals surface area contributed by atoms with Crippen molar-refractivity contribution in [3.63, 3.8) is 0 Å². The molecular weight excluding hydrogens is 456 g/mol. The zero-order chi connectivity index (χ0) is 25.4. The van der Waals surface area contributed by atoms with Crippen LogP contribution in [0.1, 0.15) is 35.7 Å². The van der Waals surface area contributed by atoms with Crippen LogP contribution in [0, 0.1) is 12.8 Å². The summed E-state index contributed by atoms with van der Waals surface area (Å²) < 4.78 is 11.1. The molecule has 0 spiro atoms. The highest BCUT2D eigenvalue weighted by molar-refractivity contribution is 5.98. The van der Waals surface area contributed by atoms with Gasteiger partial charge in [0.2, 0.25) is 17.7 Å². The van der Waals surface area contributed by atoms with Gasteiger partial charge in [0.25, 0.3) is 5.91 Å². The number of carbonyl (C=O) groups excluding carboxylic acids is 4. The van der Waals surface area contributed by atoms with E-state index in [9.17, 15) is 24.3 Å². The Kier molecular flexibility index (Phi) is 9.44. The van der Waals surface area contributed by atoms with Gasteiger partial charge in [-0.1, -0.05) is 6.07 Å². The number of aliphatic hydroxyl groups is 1. The lowest BCUT2D eigenvalue weighted by Crippen LogP contribution is -2.54. The Morgan fingerprint density at radius 2 is 1.86 bits per heavy atom. The minimum atomic E-state index is -1.20. The SMILES string of the molecule is Cc1ccc2cc1OCCNC(=O)CN(C(=O)C1CCOCC1)CCNC(=O)[C@H]([C@@H](C)O)NC2=O. The molecule has 192 valence electrons. The Bertz CT molecular complexity index is 930. The summed E-state index contributed by atoms with van der Waals surface area (Å²) in [6, 6.07) is 3.67. The normalized spacial score (nSPS) is 22.2. The number of hydrogen-bond donors (Lipinski definition) is 4. The van der Waals surface area contributed by atoms with Crippen molar-refractivity contribution in [2.45, 2.75) is 38.8 Å². The molecule has 2 aliphatic rings. The Labute approximate surface area is 204 Å². The topological polar surface area (TPSA) is 146 Å². The summed E-state index contributed by atoms with van der Waals surface area (Å²) in [5, 5.41) is 18.1. The third kappa shape index (κ3) is 7.40. The van der Waals surface area contributed by atoms with Gasteiger partial charge in [-0.05, 0) is 44.4 Å². The van der Waals surface area contributed by atoms with Crippen molar-refractivity contribution in [2.24, 2.45) is 5.92 Å². The molecule has 11 heteroatoms. The number of benzene rings is 1. The van der Waals surface area contributed by atoms with Gasteiger partial charge >= 0.3 is 0 Å².